The Kier molecular flexibility index (Phi) is 6.34. The predicted molar refractivity (Wildman–Crippen MR) is 70.5 cm³/mol. The van der Waals surface area contributed by atoms with Crippen LogP contribution in [0.4, 0.5) is 0 Å². The molecule has 1 aromatic rings. The lowest BCUT2D eigenvalue weighted by atomic mass is 10.1. The van der Waals surface area contributed by atoms with Crippen molar-refractivity contribution in [3.8, 4) is 5.75 Å². The fraction of sp³-hybridized carbons (Fsp3) is 0.538. The molecule has 17 heavy (non-hydrogen) atoms. The number of hydrogen-bond acceptors (Lipinski definition) is 3. The lowest BCUT2D eigenvalue weighted by Gasteiger charge is -2.11. The first-order chi connectivity index (χ1) is 8.15. The van der Waals surface area contributed by atoms with E-state index in [-0.39, 0.29) is 12.6 Å². The summed E-state index contributed by atoms with van der Waals surface area (Å²) in [4.78, 5) is 0. The Morgan fingerprint density at radius 3 is 2.71 bits per heavy atom. The molecule has 0 aromatic heterocycles. The summed E-state index contributed by atoms with van der Waals surface area (Å²) in [6.45, 7) is 2.78. The van der Waals surface area contributed by atoms with E-state index < -0.39 is 0 Å². The molecule has 0 unspecified atom stereocenters. The molecule has 0 bridgehead atoms. The van der Waals surface area contributed by atoms with Gasteiger partial charge in [0.05, 0.1) is 11.6 Å². The Balaban J connectivity index is 2.43. The maximum absolute atomic E-state index is 8.64. The molecule has 3 N–H and O–H groups in total. The Labute approximate surface area is 108 Å². The average molecular weight is 258 g/mol. The number of unbranched alkanes of at least 4 members (excludes halogenated alkanes) is 2. The highest BCUT2D eigenvalue weighted by Crippen LogP contribution is 2.27. The zero-order valence-corrected chi connectivity index (χ0v) is 10.9. The highest BCUT2D eigenvalue weighted by atomic mass is 35.5. The van der Waals surface area contributed by atoms with E-state index in [1.807, 2.05) is 25.1 Å². The zero-order valence-electron chi connectivity index (χ0n) is 10.2. The van der Waals surface area contributed by atoms with Gasteiger partial charge in [-0.3, -0.25) is 0 Å². The summed E-state index contributed by atoms with van der Waals surface area (Å²) in [5.74, 6) is 0.695. The van der Waals surface area contributed by atoms with Gasteiger partial charge >= 0.3 is 0 Å². The maximum Gasteiger partial charge on any atom is 0.137 e. The number of halogens is 1. The van der Waals surface area contributed by atoms with Gasteiger partial charge < -0.3 is 15.6 Å². The lowest BCUT2D eigenvalue weighted by molar-refractivity contribution is 0.266. The van der Waals surface area contributed by atoms with Gasteiger partial charge in [0.15, 0.2) is 0 Å². The van der Waals surface area contributed by atoms with Crippen molar-refractivity contribution in [3.63, 3.8) is 0 Å². The topological polar surface area (TPSA) is 55.5 Å². The molecular weight excluding hydrogens is 238 g/mol. The SMILES string of the molecule is C[C@@H](N)c1ccc(OCCCCCO)c(Cl)c1. The van der Waals surface area contributed by atoms with E-state index >= 15 is 0 Å². The fourth-order valence-corrected chi connectivity index (χ4v) is 1.73. The molecule has 4 heteroatoms. The first-order valence-electron chi connectivity index (χ1n) is 5.94. The van der Waals surface area contributed by atoms with Gasteiger partial charge in [-0.05, 0) is 43.9 Å². The Morgan fingerprint density at radius 2 is 2.12 bits per heavy atom. The number of benzene rings is 1. The first kappa shape index (κ1) is 14.3. The van der Waals surface area contributed by atoms with Crippen molar-refractivity contribution in [2.24, 2.45) is 5.73 Å². The molecule has 0 spiro atoms. The van der Waals surface area contributed by atoms with Crippen molar-refractivity contribution in [1.29, 1.82) is 0 Å². The van der Waals surface area contributed by atoms with E-state index in [1.54, 1.807) is 0 Å². The number of aliphatic hydroxyl groups is 1. The molecule has 0 amide bonds. The average Bonchev–Trinajstić information content (AvgIpc) is 2.30. The van der Waals surface area contributed by atoms with Crippen molar-refractivity contribution >= 4 is 11.6 Å². The number of aliphatic hydroxyl groups excluding tert-OH is 1. The van der Waals surface area contributed by atoms with Crippen LogP contribution in [-0.4, -0.2) is 18.3 Å². The van der Waals surface area contributed by atoms with Gasteiger partial charge in [-0.15, -0.1) is 0 Å². The molecule has 96 valence electrons. The molecule has 0 saturated heterocycles. The highest BCUT2D eigenvalue weighted by molar-refractivity contribution is 6.32. The molecule has 0 aliphatic heterocycles. The van der Waals surface area contributed by atoms with Crippen LogP contribution in [0.2, 0.25) is 5.02 Å². The molecule has 0 radical (unpaired) electrons. The van der Waals surface area contributed by atoms with E-state index in [2.05, 4.69) is 0 Å². The van der Waals surface area contributed by atoms with Crippen molar-refractivity contribution in [3.05, 3.63) is 28.8 Å². The van der Waals surface area contributed by atoms with Crippen LogP contribution in [0.1, 0.15) is 37.8 Å². The molecule has 0 fully saturated rings. The predicted octanol–water partition coefficient (Wildman–Crippen LogP) is 2.90. The lowest BCUT2D eigenvalue weighted by Crippen LogP contribution is -2.05. The van der Waals surface area contributed by atoms with E-state index in [9.17, 15) is 0 Å². The van der Waals surface area contributed by atoms with Gasteiger partial charge in [-0.1, -0.05) is 17.7 Å². The molecule has 3 nitrogen and oxygen atoms in total. The van der Waals surface area contributed by atoms with Crippen LogP contribution in [0.3, 0.4) is 0 Å². The summed E-state index contributed by atoms with van der Waals surface area (Å²) in [7, 11) is 0. The molecule has 0 aliphatic carbocycles. The third kappa shape index (κ3) is 4.94. The van der Waals surface area contributed by atoms with Gasteiger partial charge in [-0.2, -0.15) is 0 Å². The minimum atomic E-state index is -0.0221. The normalized spacial score (nSPS) is 12.5. The van der Waals surface area contributed by atoms with Crippen LogP contribution in [0.15, 0.2) is 18.2 Å². The monoisotopic (exact) mass is 257 g/mol. The van der Waals surface area contributed by atoms with Crippen molar-refractivity contribution in [2.45, 2.75) is 32.2 Å². The van der Waals surface area contributed by atoms with Gasteiger partial charge in [0, 0.05) is 12.6 Å². The summed E-state index contributed by atoms with van der Waals surface area (Å²) in [5.41, 5.74) is 6.77. The minimum Gasteiger partial charge on any atom is -0.492 e. The minimum absolute atomic E-state index is 0.0221. The van der Waals surface area contributed by atoms with Gasteiger partial charge in [-0.25, -0.2) is 0 Å². The Bertz CT molecular complexity index is 342. The Hall–Kier alpha value is -0.770. The van der Waals surface area contributed by atoms with Crippen molar-refractivity contribution in [2.75, 3.05) is 13.2 Å². The molecule has 1 rings (SSSR count). The van der Waals surface area contributed by atoms with E-state index in [0.29, 0.717) is 17.4 Å². The quantitative estimate of drug-likeness (QED) is 0.739. The largest absolute Gasteiger partial charge is 0.492 e. The summed E-state index contributed by atoms with van der Waals surface area (Å²) in [6.07, 6.45) is 2.71. The fourth-order valence-electron chi connectivity index (χ4n) is 1.49. The molecule has 0 heterocycles. The molecule has 1 aromatic carbocycles. The molecule has 0 aliphatic rings. The second kappa shape index (κ2) is 7.54. The van der Waals surface area contributed by atoms with Crippen LogP contribution >= 0.6 is 11.6 Å². The number of nitrogens with two attached hydrogens (primary N) is 1. The zero-order chi connectivity index (χ0) is 12.7. The second-order valence-electron chi connectivity index (χ2n) is 4.11. The third-order valence-electron chi connectivity index (χ3n) is 2.54. The van der Waals surface area contributed by atoms with Crippen molar-refractivity contribution < 1.29 is 9.84 Å². The molecule has 1 atom stereocenters. The van der Waals surface area contributed by atoms with Crippen LogP contribution in [-0.2, 0) is 0 Å². The van der Waals surface area contributed by atoms with Crippen LogP contribution in [0, 0.1) is 0 Å². The summed E-state index contributed by atoms with van der Waals surface area (Å²) < 4.78 is 5.56. The standard InChI is InChI=1S/C13H20ClNO2/c1-10(15)11-5-6-13(12(14)9-11)17-8-4-2-3-7-16/h5-6,9-10,16H,2-4,7-8,15H2,1H3/t10-/m1/s1. The smallest absolute Gasteiger partial charge is 0.137 e. The van der Waals surface area contributed by atoms with Crippen LogP contribution in [0.5, 0.6) is 5.75 Å². The summed E-state index contributed by atoms with van der Waals surface area (Å²) in [6, 6.07) is 5.60. The molecular formula is C13H20ClNO2. The Morgan fingerprint density at radius 1 is 1.35 bits per heavy atom. The first-order valence-corrected chi connectivity index (χ1v) is 6.31. The summed E-state index contributed by atoms with van der Waals surface area (Å²) >= 11 is 6.09. The highest BCUT2D eigenvalue weighted by Gasteiger charge is 2.05. The van der Waals surface area contributed by atoms with E-state index in [1.165, 1.54) is 0 Å². The number of ether oxygens (including phenoxy) is 1. The third-order valence-corrected chi connectivity index (χ3v) is 2.84. The van der Waals surface area contributed by atoms with E-state index in [0.717, 1.165) is 24.8 Å². The van der Waals surface area contributed by atoms with Gasteiger partial charge in [0.25, 0.3) is 0 Å². The molecule has 0 saturated carbocycles. The summed E-state index contributed by atoms with van der Waals surface area (Å²) in [5, 5.41) is 9.23. The number of hydrogen-bond donors (Lipinski definition) is 2. The maximum atomic E-state index is 8.64. The number of rotatable bonds is 7. The van der Waals surface area contributed by atoms with Crippen molar-refractivity contribution in [1.82, 2.24) is 0 Å². The van der Waals surface area contributed by atoms with Gasteiger partial charge in [0.1, 0.15) is 5.75 Å². The van der Waals surface area contributed by atoms with E-state index in [4.69, 9.17) is 27.2 Å². The van der Waals surface area contributed by atoms with Crippen LogP contribution in [0.25, 0.3) is 0 Å². The van der Waals surface area contributed by atoms with Gasteiger partial charge in [0.2, 0.25) is 0 Å². The second-order valence-corrected chi connectivity index (χ2v) is 4.52. The van der Waals surface area contributed by atoms with Crippen LogP contribution < -0.4 is 10.5 Å².